The van der Waals surface area contributed by atoms with E-state index in [-0.39, 0.29) is 0 Å². The third kappa shape index (κ3) is 1.74. The van der Waals surface area contributed by atoms with Crippen LogP contribution in [0.2, 0.25) is 0 Å². The van der Waals surface area contributed by atoms with E-state index in [1.54, 1.807) is 12.1 Å². The molecule has 1 aromatic heterocycles. The quantitative estimate of drug-likeness (QED) is 0.525. The van der Waals surface area contributed by atoms with Crippen LogP contribution in [-0.4, -0.2) is 4.98 Å². The number of hydrogen-bond acceptors (Lipinski definition) is 1. The van der Waals surface area contributed by atoms with Crippen LogP contribution in [0.15, 0.2) is 16.7 Å². The van der Waals surface area contributed by atoms with Crippen molar-refractivity contribution in [1.29, 1.82) is 0 Å². The highest BCUT2D eigenvalue weighted by Gasteiger charge is 1.99. The molecule has 1 heterocycles. The van der Waals surface area contributed by atoms with Crippen molar-refractivity contribution in [1.82, 2.24) is 4.98 Å². The fourth-order valence-electron chi connectivity index (χ4n) is 0.593. The van der Waals surface area contributed by atoms with E-state index in [0.29, 0.717) is 16.3 Å². The zero-order valence-electron chi connectivity index (χ0n) is 5.14. The van der Waals surface area contributed by atoms with Crippen molar-refractivity contribution >= 4 is 25.2 Å². The van der Waals surface area contributed by atoms with Crippen molar-refractivity contribution in [3.63, 3.8) is 0 Å². The second-order valence-corrected chi connectivity index (χ2v) is 3.01. The lowest BCUT2D eigenvalue weighted by atomic mass is 10.3. The van der Waals surface area contributed by atoms with E-state index < -0.39 is 5.95 Å². The summed E-state index contributed by atoms with van der Waals surface area (Å²) in [5.41, 5.74) is 0.619. The Hall–Kier alpha value is -0.0100. The molecule has 0 radical (unpaired) electrons. The third-order valence-corrected chi connectivity index (χ3v) is 1.99. The molecule has 0 aliphatic heterocycles. The maximum absolute atomic E-state index is 12.7. The van der Waals surface area contributed by atoms with Crippen LogP contribution in [0.25, 0.3) is 0 Å². The first-order valence-electron chi connectivity index (χ1n) is 2.75. The molecule has 0 bridgehead atoms. The van der Waals surface area contributed by atoms with Crippen LogP contribution in [0.4, 0.5) is 4.39 Å². The smallest absolute Gasteiger partial charge is 0.212 e. The maximum Gasteiger partial charge on any atom is 0.217 e. The molecular formula is C6H6BrFNP. The van der Waals surface area contributed by atoms with Crippen LogP contribution in [0.5, 0.6) is 0 Å². The molecule has 0 N–H and O–H groups in total. The first-order chi connectivity index (χ1) is 4.74. The molecule has 10 heavy (non-hydrogen) atoms. The van der Waals surface area contributed by atoms with Crippen LogP contribution in [0.1, 0.15) is 5.56 Å². The standard InChI is InChI=1S/C6H6BrFNP/c7-5-2-1-4(3-10)6(8)9-5/h1-2H,3,10H2. The second kappa shape index (κ2) is 3.40. The highest BCUT2D eigenvalue weighted by Crippen LogP contribution is 2.12. The molecule has 4 heteroatoms. The minimum atomic E-state index is -0.399. The zero-order chi connectivity index (χ0) is 7.56. The summed E-state index contributed by atoms with van der Waals surface area (Å²) in [7, 11) is 2.45. The predicted molar refractivity (Wildman–Crippen MR) is 45.3 cm³/mol. The molecule has 0 fully saturated rings. The first-order valence-corrected chi connectivity index (χ1v) is 4.36. The van der Waals surface area contributed by atoms with E-state index in [0.717, 1.165) is 0 Å². The predicted octanol–water partition coefficient (Wildman–Crippen LogP) is 2.36. The Morgan fingerprint density at radius 2 is 2.30 bits per heavy atom. The summed E-state index contributed by atoms with van der Waals surface area (Å²) in [5.74, 6) is -0.399. The SMILES string of the molecule is Fc1nc(Br)ccc1CP. The van der Waals surface area contributed by atoms with Gasteiger partial charge in [-0.15, -0.1) is 9.24 Å². The Bertz CT molecular complexity index is 241. The van der Waals surface area contributed by atoms with Crippen LogP contribution in [0.3, 0.4) is 0 Å². The Morgan fingerprint density at radius 1 is 1.60 bits per heavy atom. The van der Waals surface area contributed by atoms with Crippen molar-refractivity contribution in [2.45, 2.75) is 6.16 Å². The normalized spacial score (nSPS) is 9.90. The largest absolute Gasteiger partial charge is 0.217 e. The summed E-state index contributed by atoms with van der Waals surface area (Å²) >= 11 is 3.07. The third-order valence-electron chi connectivity index (χ3n) is 1.11. The van der Waals surface area contributed by atoms with Gasteiger partial charge in [-0.1, -0.05) is 6.07 Å². The van der Waals surface area contributed by atoms with Gasteiger partial charge in [0.15, 0.2) is 0 Å². The van der Waals surface area contributed by atoms with Crippen molar-refractivity contribution in [3.8, 4) is 0 Å². The lowest BCUT2D eigenvalue weighted by molar-refractivity contribution is 0.570. The lowest BCUT2D eigenvalue weighted by Crippen LogP contribution is -1.89. The molecule has 0 saturated carbocycles. The summed E-state index contributed by atoms with van der Waals surface area (Å²) in [6.07, 6.45) is 0.603. The van der Waals surface area contributed by atoms with E-state index in [1.807, 2.05) is 0 Å². The Morgan fingerprint density at radius 3 is 2.80 bits per heavy atom. The highest BCUT2D eigenvalue weighted by atomic mass is 79.9. The minimum Gasteiger partial charge on any atom is -0.212 e. The number of hydrogen-bond donors (Lipinski definition) is 0. The Kier molecular flexibility index (Phi) is 2.75. The fourth-order valence-corrected chi connectivity index (χ4v) is 1.19. The molecule has 1 nitrogen and oxygen atoms in total. The Labute approximate surface area is 69.4 Å². The van der Waals surface area contributed by atoms with Gasteiger partial charge in [0.25, 0.3) is 0 Å². The maximum atomic E-state index is 12.7. The van der Waals surface area contributed by atoms with Gasteiger partial charge in [0.2, 0.25) is 5.95 Å². The number of aromatic nitrogens is 1. The van der Waals surface area contributed by atoms with Crippen molar-refractivity contribution < 1.29 is 4.39 Å². The molecular weight excluding hydrogens is 216 g/mol. The van der Waals surface area contributed by atoms with Gasteiger partial charge in [-0.05, 0) is 28.2 Å². The summed E-state index contributed by atoms with van der Waals surface area (Å²) in [4.78, 5) is 3.58. The van der Waals surface area contributed by atoms with Crippen molar-refractivity contribution in [2.75, 3.05) is 0 Å². The fraction of sp³-hybridized carbons (Fsp3) is 0.167. The highest BCUT2D eigenvalue weighted by molar-refractivity contribution is 9.10. The van der Waals surface area contributed by atoms with Crippen LogP contribution >= 0.6 is 25.2 Å². The van der Waals surface area contributed by atoms with Gasteiger partial charge in [0.05, 0.1) is 0 Å². The van der Waals surface area contributed by atoms with E-state index in [1.165, 1.54) is 0 Å². The van der Waals surface area contributed by atoms with Gasteiger partial charge in [0.1, 0.15) is 4.60 Å². The van der Waals surface area contributed by atoms with Gasteiger partial charge in [-0.3, -0.25) is 0 Å². The monoisotopic (exact) mass is 221 g/mol. The Balaban J connectivity index is 3.07. The molecule has 0 aromatic carbocycles. The second-order valence-electron chi connectivity index (χ2n) is 1.79. The summed E-state index contributed by atoms with van der Waals surface area (Å²) in [6.45, 7) is 0. The molecule has 0 spiro atoms. The van der Waals surface area contributed by atoms with Crippen molar-refractivity contribution in [2.24, 2.45) is 0 Å². The molecule has 0 aliphatic rings. The van der Waals surface area contributed by atoms with Crippen LogP contribution in [-0.2, 0) is 6.16 Å². The first kappa shape index (κ1) is 8.09. The molecule has 0 amide bonds. The average molecular weight is 222 g/mol. The average Bonchev–Trinajstić information content (AvgIpc) is 1.88. The summed E-state index contributed by atoms with van der Waals surface area (Å²) in [5, 5.41) is 0. The molecule has 0 saturated heterocycles. The number of rotatable bonds is 1. The number of nitrogens with zero attached hydrogens (tertiary/aromatic N) is 1. The number of halogens is 2. The molecule has 1 aromatic rings. The molecule has 1 unspecified atom stereocenters. The van der Waals surface area contributed by atoms with Gasteiger partial charge in [0, 0.05) is 5.56 Å². The summed E-state index contributed by atoms with van der Waals surface area (Å²) in [6, 6.07) is 3.43. The van der Waals surface area contributed by atoms with Gasteiger partial charge >= 0.3 is 0 Å². The van der Waals surface area contributed by atoms with Gasteiger partial charge in [-0.25, -0.2) is 4.98 Å². The molecule has 1 atom stereocenters. The van der Waals surface area contributed by atoms with E-state index >= 15 is 0 Å². The van der Waals surface area contributed by atoms with E-state index in [2.05, 4.69) is 30.2 Å². The van der Waals surface area contributed by atoms with Crippen LogP contribution in [0, 0.1) is 5.95 Å². The topological polar surface area (TPSA) is 12.9 Å². The number of pyridine rings is 1. The zero-order valence-corrected chi connectivity index (χ0v) is 7.88. The van der Waals surface area contributed by atoms with E-state index in [4.69, 9.17) is 0 Å². The molecule has 0 aliphatic carbocycles. The molecule has 54 valence electrons. The van der Waals surface area contributed by atoms with E-state index in [9.17, 15) is 4.39 Å². The molecule has 1 rings (SSSR count). The van der Waals surface area contributed by atoms with Gasteiger partial charge < -0.3 is 0 Å². The van der Waals surface area contributed by atoms with Crippen LogP contribution < -0.4 is 0 Å². The minimum absolute atomic E-state index is 0.399. The lowest BCUT2D eigenvalue weighted by Gasteiger charge is -1.96. The summed E-state index contributed by atoms with van der Waals surface area (Å²) < 4.78 is 13.2. The van der Waals surface area contributed by atoms with Gasteiger partial charge in [-0.2, -0.15) is 4.39 Å². The van der Waals surface area contributed by atoms with Crippen molar-refractivity contribution in [3.05, 3.63) is 28.2 Å².